The maximum absolute atomic E-state index is 12.0. The van der Waals surface area contributed by atoms with Crippen LogP contribution < -0.4 is 5.32 Å². The van der Waals surface area contributed by atoms with E-state index in [2.05, 4.69) is 19.2 Å². The number of nitrogens with one attached hydrogen (secondary N) is 1. The fourth-order valence-corrected chi connectivity index (χ4v) is 2.25. The van der Waals surface area contributed by atoms with Crippen LogP contribution in [-0.4, -0.2) is 50.2 Å². The van der Waals surface area contributed by atoms with E-state index in [1.54, 1.807) is 0 Å². The molecule has 0 aromatic carbocycles. The quantitative estimate of drug-likeness (QED) is 0.686. The Balaban J connectivity index is 1.97. The molecule has 4 nitrogen and oxygen atoms in total. The molecule has 1 aliphatic rings. The topological polar surface area (TPSA) is 41.6 Å². The number of amides is 1. The van der Waals surface area contributed by atoms with E-state index in [4.69, 9.17) is 4.74 Å². The third-order valence-corrected chi connectivity index (χ3v) is 3.33. The number of likely N-dealkylation sites (tertiary alicyclic amines) is 1. The second kappa shape index (κ2) is 10.2. The molecule has 1 aliphatic heterocycles. The number of nitrogens with zero attached hydrogens (tertiary/aromatic N) is 1. The first-order valence-electron chi connectivity index (χ1n) is 7.76. The standard InChI is InChI=1S/C15H30N2O2/c1-14(2)13-19-11-7-8-16-12-15(18)17-9-5-3-4-6-10-17/h14,16H,3-13H2,1-2H3. The van der Waals surface area contributed by atoms with Crippen LogP contribution in [0.4, 0.5) is 0 Å². The van der Waals surface area contributed by atoms with Crippen molar-refractivity contribution >= 4 is 5.91 Å². The first-order valence-corrected chi connectivity index (χ1v) is 7.76. The fourth-order valence-electron chi connectivity index (χ4n) is 2.25. The molecule has 0 aromatic rings. The van der Waals surface area contributed by atoms with Crippen LogP contribution in [-0.2, 0) is 9.53 Å². The Bertz CT molecular complexity index is 236. The average Bonchev–Trinajstić information content (AvgIpc) is 2.66. The zero-order chi connectivity index (χ0) is 13.9. The summed E-state index contributed by atoms with van der Waals surface area (Å²) in [5, 5.41) is 3.22. The molecule has 0 bridgehead atoms. The third kappa shape index (κ3) is 8.22. The normalized spacial score (nSPS) is 16.7. The van der Waals surface area contributed by atoms with E-state index in [0.717, 1.165) is 52.1 Å². The Morgan fingerprint density at radius 1 is 1.21 bits per heavy atom. The van der Waals surface area contributed by atoms with Gasteiger partial charge in [-0.25, -0.2) is 0 Å². The highest BCUT2D eigenvalue weighted by atomic mass is 16.5. The molecule has 1 fully saturated rings. The molecule has 0 aliphatic carbocycles. The molecule has 0 unspecified atom stereocenters. The van der Waals surface area contributed by atoms with E-state index in [9.17, 15) is 4.79 Å². The molecule has 19 heavy (non-hydrogen) atoms. The van der Waals surface area contributed by atoms with Crippen molar-refractivity contribution in [3.63, 3.8) is 0 Å². The Hall–Kier alpha value is -0.610. The second-order valence-electron chi connectivity index (χ2n) is 5.79. The minimum atomic E-state index is 0.255. The van der Waals surface area contributed by atoms with Crippen molar-refractivity contribution in [3.05, 3.63) is 0 Å². The maximum Gasteiger partial charge on any atom is 0.236 e. The SMILES string of the molecule is CC(C)COCCCNCC(=O)N1CCCCCC1. The Kier molecular flexibility index (Phi) is 8.84. The number of rotatable bonds is 8. The summed E-state index contributed by atoms with van der Waals surface area (Å²) >= 11 is 0. The van der Waals surface area contributed by atoms with Gasteiger partial charge in [-0.2, -0.15) is 0 Å². The molecule has 0 aromatic heterocycles. The lowest BCUT2D eigenvalue weighted by Crippen LogP contribution is -2.39. The van der Waals surface area contributed by atoms with E-state index >= 15 is 0 Å². The van der Waals surface area contributed by atoms with E-state index in [1.807, 2.05) is 4.90 Å². The van der Waals surface area contributed by atoms with E-state index in [0.29, 0.717) is 12.5 Å². The van der Waals surface area contributed by atoms with Gasteiger partial charge in [-0.3, -0.25) is 4.79 Å². The molecule has 4 heteroatoms. The summed E-state index contributed by atoms with van der Waals surface area (Å²) in [6.07, 6.45) is 5.83. The first-order chi connectivity index (χ1) is 9.20. The van der Waals surface area contributed by atoms with Gasteiger partial charge in [0, 0.05) is 26.3 Å². The van der Waals surface area contributed by atoms with Gasteiger partial charge in [0.05, 0.1) is 6.54 Å². The molecular formula is C15H30N2O2. The van der Waals surface area contributed by atoms with Gasteiger partial charge in [0.2, 0.25) is 5.91 Å². The van der Waals surface area contributed by atoms with Crippen LogP contribution in [0.1, 0.15) is 46.0 Å². The molecule has 1 rings (SSSR count). The van der Waals surface area contributed by atoms with Crippen molar-refractivity contribution in [2.75, 3.05) is 39.4 Å². The predicted molar refractivity (Wildman–Crippen MR) is 78.2 cm³/mol. The van der Waals surface area contributed by atoms with Crippen LogP contribution in [0.5, 0.6) is 0 Å². The van der Waals surface area contributed by atoms with Gasteiger partial charge in [0.15, 0.2) is 0 Å². The summed E-state index contributed by atoms with van der Waals surface area (Å²) in [4.78, 5) is 14.0. The smallest absolute Gasteiger partial charge is 0.236 e. The fraction of sp³-hybridized carbons (Fsp3) is 0.933. The number of carbonyl (C=O) groups excluding carboxylic acids is 1. The van der Waals surface area contributed by atoms with Gasteiger partial charge >= 0.3 is 0 Å². The molecule has 1 heterocycles. The van der Waals surface area contributed by atoms with Gasteiger partial charge in [0.25, 0.3) is 0 Å². The second-order valence-corrected chi connectivity index (χ2v) is 5.79. The zero-order valence-electron chi connectivity index (χ0n) is 12.6. The molecule has 0 radical (unpaired) electrons. The molecular weight excluding hydrogens is 240 g/mol. The highest BCUT2D eigenvalue weighted by Crippen LogP contribution is 2.09. The maximum atomic E-state index is 12.0. The highest BCUT2D eigenvalue weighted by Gasteiger charge is 2.14. The Morgan fingerprint density at radius 2 is 1.89 bits per heavy atom. The van der Waals surface area contributed by atoms with Crippen molar-refractivity contribution < 1.29 is 9.53 Å². The molecule has 1 saturated heterocycles. The third-order valence-electron chi connectivity index (χ3n) is 3.33. The van der Waals surface area contributed by atoms with Crippen LogP contribution >= 0.6 is 0 Å². The number of hydrogen-bond acceptors (Lipinski definition) is 3. The zero-order valence-corrected chi connectivity index (χ0v) is 12.6. The average molecular weight is 270 g/mol. The van der Waals surface area contributed by atoms with Gasteiger partial charge in [0.1, 0.15) is 0 Å². The van der Waals surface area contributed by atoms with Crippen molar-refractivity contribution in [2.24, 2.45) is 5.92 Å². The lowest BCUT2D eigenvalue weighted by atomic mass is 10.2. The van der Waals surface area contributed by atoms with Crippen molar-refractivity contribution in [1.29, 1.82) is 0 Å². The molecule has 0 atom stereocenters. The van der Waals surface area contributed by atoms with Crippen LogP contribution in [0.25, 0.3) is 0 Å². The number of hydrogen-bond donors (Lipinski definition) is 1. The minimum absolute atomic E-state index is 0.255. The summed E-state index contributed by atoms with van der Waals surface area (Å²) in [7, 11) is 0. The van der Waals surface area contributed by atoms with Crippen molar-refractivity contribution in [3.8, 4) is 0 Å². The monoisotopic (exact) mass is 270 g/mol. The molecule has 1 N–H and O–H groups in total. The van der Waals surface area contributed by atoms with E-state index in [1.165, 1.54) is 12.8 Å². The Morgan fingerprint density at radius 3 is 2.53 bits per heavy atom. The molecule has 0 spiro atoms. The van der Waals surface area contributed by atoms with Gasteiger partial charge < -0.3 is 15.0 Å². The van der Waals surface area contributed by atoms with Crippen molar-refractivity contribution in [2.45, 2.75) is 46.0 Å². The minimum Gasteiger partial charge on any atom is -0.381 e. The van der Waals surface area contributed by atoms with E-state index < -0.39 is 0 Å². The lowest BCUT2D eigenvalue weighted by molar-refractivity contribution is -0.130. The first kappa shape index (κ1) is 16.4. The number of carbonyl (C=O) groups is 1. The molecule has 1 amide bonds. The van der Waals surface area contributed by atoms with Crippen LogP contribution in [0.2, 0.25) is 0 Å². The number of ether oxygens (including phenoxy) is 1. The largest absolute Gasteiger partial charge is 0.381 e. The molecule has 112 valence electrons. The van der Waals surface area contributed by atoms with Gasteiger partial charge in [-0.1, -0.05) is 26.7 Å². The van der Waals surface area contributed by atoms with Gasteiger partial charge in [-0.15, -0.1) is 0 Å². The predicted octanol–water partition coefficient (Wildman–Crippen LogP) is 2.04. The van der Waals surface area contributed by atoms with Crippen LogP contribution in [0.3, 0.4) is 0 Å². The summed E-state index contributed by atoms with van der Waals surface area (Å²) in [5.74, 6) is 0.850. The lowest BCUT2D eigenvalue weighted by Gasteiger charge is -2.20. The van der Waals surface area contributed by atoms with Gasteiger partial charge in [-0.05, 0) is 31.7 Å². The molecule has 0 saturated carbocycles. The van der Waals surface area contributed by atoms with E-state index in [-0.39, 0.29) is 5.91 Å². The summed E-state index contributed by atoms with van der Waals surface area (Å²) in [6, 6.07) is 0. The summed E-state index contributed by atoms with van der Waals surface area (Å²) < 4.78 is 5.50. The van der Waals surface area contributed by atoms with Crippen LogP contribution in [0, 0.1) is 5.92 Å². The Labute approximate surface area is 117 Å². The van der Waals surface area contributed by atoms with Crippen LogP contribution in [0.15, 0.2) is 0 Å². The van der Waals surface area contributed by atoms with Crippen molar-refractivity contribution in [1.82, 2.24) is 10.2 Å². The summed E-state index contributed by atoms with van der Waals surface area (Å²) in [6.45, 7) is 9.13. The summed E-state index contributed by atoms with van der Waals surface area (Å²) in [5.41, 5.74) is 0. The highest BCUT2D eigenvalue weighted by molar-refractivity contribution is 5.78.